The maximum Gasteiger partial charge on any atom is 0.418 e. The Kier molecular flexibility index (Phi) is 4.70. The highest BCUT2D eigenvalue weighted by atomic mass is 19.4. The number of rotatable bonds is 3. The SMILES string of the molecule is C[C@H](C(=O)Nc1ccccc1C(F)(F)F)N1CCNC(=O)C1. The summed E-state index contributed by atoms with van der Waals surface area (Å²) < 4.78 is 38.7. The molecule has 2 N–H and O–H groups in total. The molecular formula is C14H16F3N3O2. The summed E-state index contributed by atoms with van der Waals surface area (Å²) >= 11 is 0. The van der Waals surface area contributed by atoms with Crippen LogP contribution >= 0.6 is 0 Å². The number of hydrogen-bond donors (Lipinski definition) is 2. The fraction of sp³-hybridized carbons (Fsp3) is 0.429. The van der Waals surface area contributed by atoms with Crippen LogP contribution in [0.4, 0.5) is 18.9 Å². The highest BCUT2D eigenvalue weighted by molar-refractivity contribution is 5.95. The Morgan fingerprint density at radius 1 is 1.36 bits per heavy atom. The molecule has 120 valence electrons. The Hall–Kier alpha value is -2.09. The average molecular weight is 315 g/mol. The predicted octanol–water partition coefficient (Wildman–Crippen LogP) is 1.46. The fourth-order valence-electron chi connectivity index (χ4n) is 2.23. The van der Waals surface area contributed by atoms with Gasteiger partial charge in [-0.25, -0.2) is 0 Å². The second-order valence-corrected chi connectivity index (χ2v) is 5.03. The van der Waals surface area contributed by atoms with E-state index in [1.165, 1.54) is 18.2 Å². The van der Waals surface area contributed by atoms with Gasteiger partial charge in [0.1, 0.15) is 0 Å². The lowest BCUT2D eigenvalue weighted by Crippen LogP contribution is -2.53. The number of nitrogens with one attached hydrogen (secondary N) is 2. The second-order valence-electron chi connectivity index (χ2n) is 5.03. The molecule has 1 heterocycles. The van der Waals surface area contributed by atoms with E-state index in [0.717, 1.165) is 6.07 Å². The van der Waals surface area contributed by atoms with Gasteiger partial charge in [-0.15, -0.1) is 0 Å². The minimum Gasteiger partial charge on any atom is -0.354 e. The second kappa shape index (κ2) is 6.35. The molecule has 0 radical (unpaired) electrons. The van der Waals surface area contributed by atoms with Gasteiger partial charge in [-0.05, 0) is 19.1 Å². The average Bonchev–Trinajstić information content (AvgIpc) is 2.46. The topological polar surface area (TPSA) is 61.4 Å². The van der Waals surface area contributed by atoms with Crippen LogP contribution in [-0.2, 0) is 15.8 Å². The van der Waals surface area contributed by atoms with E-state index in [2.05, 4.69) is 10.6 Å². The zero-order chi connectivity index (χ0) is 16.3. The Balaban J connectivity index is 2.10. The Bertz CT molecular complexity index is 575. The third-order valence-corrected chi connectivity index (χ3v) is 3.49. The number of piperazine rings is 1. The van der Waals surface area contributed by atoms with Gasteiger partial charge in [0.15, 0.2) is 0 Å². The number of alkyl halides is 3. The Morgan fingerprint density at radius 2 is 2.05 bits per heavy atom. The first-order chi connectivity index (χ1) is 10.3. The minimum atomic E-state index is -4.54. The zero-order valence-electron chi connectivity index (χ0n) is 11.9. The van der Waals surface area contributed by atoms with Gasteiger partial charge >= 0.3 is 6.18 Å². The first kappa shape index (κ1) is 16.3. The van der Waals surface area contributed by atoms with E-state index in [1.54, 1.807) is 11.8 Å². The van der Waals surface area contributed by atoms with Crippen molar-refractivity contribution in [3.8, 4) is 0 Å². The molecule has 0 bridgehead atoms. The molecular weight excluding hydrogens is 299 g/mol. The molecule has 8 heteroatoms. The normalized spacial score (nSPS) is 17.7. The summed E-state index contributed by atoms with van der Waals surface area (Å²) in [6, 6.07) is 4.10. The lowest BCUT2D eigenvalue weighted by molar-refractivity contribution is -0.137. The van der Waals surface area contributed by atoms with Crippen LogP contribution in [0.25, 0.3) is 0 Å². The molecule has 1 aliphatic rings. The molecule has 1 fully saturated rings. The molecule has 1 aromatic carbocycles. The van der Waals surface area contributed by atoms with Crippen molar-refractivity contribution in [2.24, 2.45) is 0 Å². The van der Waals surface area contributed by atoms with Crippen molar-refractivity contribution in [1.82, 2.24) is 10.2 Å². The molecule has 2 amide bonds. The van der Waals surface area contributed by atoms with Crippen molar-refractivity contribution in [3.05, 3.63) is 29.8 Å². The van der Waals surface area contributed by atoms with E-state index in [4.69, 9.17) is 0 Å². The molecule has 0 aromatic heterocycles. The van der Waals surface area contributed by atoms with Crippen LogP contribution in [-0.4, -0.2) is 42.4 Å². The minimum absolute atomic E-state index is 0.0511. The van der Waals surface area contributed by atoms with E-state index in [0.29, 0.717) is 13.1 Å². The summed E-state index contributed by atoms with van der Waals surface area (Å²) in [5.41, 5.74) is -1.18. The summed E-state index contributed by atoms with van der Waals surface area (Å²) in [5.74, 6) is -0.784. The van der Waals surface area contributed by atoms with Crippen molar-refractivity contribution in [2.45, 2.75) is 19.1 Å². The molecule has 1 saturated heterocycles. The maximum absolute atomic E-state index is 12.9. The number of carbonyl (C=O) groups excluding carboxylic acids is 2. The van der Waals surface area contributed by atoms with Crippen LogP contribution in [0.5, 0.6) is 0 Å². The largest absolute Gasteiger partial charge is 0.418 e. The van der Waals surface area contributed by atoms with Crippen molar-refractivity contribution >= 4 is 17.5 Å². The van der Waals surface area contributed by atoms with Gasteiger partial charge in [0.05, 0.1) is 23.8 Å². The Morgan fingerprint density at radius 3 is 2.68 bits per heavy atom. The third-order valence-electron chi connectivity index (χ3n) is 3.49. The lowest BCUT2D eigenvalue weighted by atomic mass is 10.1. The maximum atomic E-state index is 12.9. The van der Waals surface area contributed by atoms with Crippen LogP contribution in [0.2, 0.25) is 0 Å². The van der Waals surface area contributed by atoms with Crippen LogP contribution < -0.4 is 10.6 Å². The van der Waals surface area contributed by atoms with E-state index < -0.39 is 23.7 Å². The van der Waals surface area contributed by atoms with Gasteiger partial charge < -0.3 is 10.6 Å². The van der Waals surface area contributed by atoms with E-state index in [-0.39, 0.29) is 18.1 Å². The van der Waals surface area contributed by atoms with Crippen molar-refractivity contribution in [3.63, 3.8) is 0 Å². The van der Waals surface area contributed by atoms with Crippen LogP contribution in [0.15, 0.2) is 24.3 Å². The molecule has 5 nitrogen and oxygen atoms in total. The predicted molar refractivity (Wildman–Crippen MR) is 74.1 cm³/mol. The van der Waals surface area contributed by atoms with E-state index >= 15 is 0 Å². The number of carbonyl (C=O) groups is 2. The van der Waals surface area contributed by atoms with Crippen molar-refractivity contribution in [1.29, 1.82) is 0 Å². The molecule has 0 saturated carbocycles. The smallest absolute Gasteiger partial charge is 0.354 e. The number of halogens is 3. The van der Waals surface area contributed by atoms with Crippen molar-refractivity contribution < 1.29 is 22.8 Å². The van der Waals surface area contributed by atoms with E-state index in [9.17, 15) is 22.8 Å². The molecule has 0 aliphatic carbocycles. The van der Waals surface area contributed by atoms with Crippen LogP contribution in [0, 0.1) is 0 Å². The summed E-state index contributed by atoms with van der Waals surface area (Å²) in [7, 11) is 0. The summed E-state index contributed by atoms with van der Waals surface area (Å²) in [6.45, 7) is 2.50. The first-order valence-electron chi connectivity index (χ1n) is 6.77. The standard InChI is InChI=1S/C14H16F3N3O2/c1-9(20-7-6-18-12(21)8-20)13(22)19-11-5-3-2-4-10(11)14(15,16)17/h2-5,9H,6-8H2,1H3,(H,18,21)(H,19,22)/t9-/m1/s1. The highest BCUT2D eigenvalue weighted by Gasteiger charge is 2.34. The summed E-state index contributed by atoms with van der Waals surface area (Å²) in [4.78, 5) is 25.1. The number of hydrogen-bond acceptors (Lipinski definition) is 3. The number of amides is 2. The molecule has 0 spiro atoms. The molecule has 22 heavy (non-hydrogen) atoms. The lowest BCUT2D eigenvalue weighted by Gasteiger charge is -2.31. The van der Waals surface area contributed by atoms with Crippen LogP contribution in [0.1, 0.15) is 12.5 Å². The summed E-state index contributed by atoms with van der Waals surface area (Å²) in [6.07, 6.45) is -4.54. The number of nitrogens with zero attached hydrogens (tertiary/aromatic N) is 1. The summed E-state index contributed by atoms with van der Waals surface area (Å²) in [5, 5.41) is 4.92. The van der Waals surface area contributed by atoms with Gasteiger partial charge in [0.2, 0.25) is 11.8 Å². The van der Waals surface area contributed by atoms with Gasteiger partial charge in [-0.3, -0.25) is 14.5 Å². The van der Waals surface area contributed by atoms with Crippen LogP contribution in [0.3, 0.4) is 0 Å². The van der Waals surface area contributed by atoms with Gasteiger partial charge in [-0.2, -0.15) is 13.2 Å². The van der Waals surface area contributed by atoms with Gasteiger partial charge in [-0.1, -0.05) is 12.1 Å². The van der Waals surface area contributed by atoms with Gasteiger partial charge in [0.25, 0.3) is 0 Å². The first-order valence-corrected chi connectivity index (χ1v) is 6.77. The fourth-order valence-corrected chi connectivity index (χ4v) is 2.23. The number of para-hydroxylation sites is 1. The molecule has 1 atom stereocenters. The molecule has 0 unspecified atom stereocenters. The third kappa shape index (κ3) is 3.76. The van der Waals surface area contributed by atoms with Gasteiger partial charge in [0, 0.05) is 13.1 Å². The Labute approximate surface area is 125 Å². The number of benzene rings is 1. The zero-order valence-corrected chi connectivity index (χ0v) is 11.9. The number of anilines is 1. The quantitative estimate of drug-likeness (QED) is 0.888. The monoisotopic (exact) mass is 315 g/mol. The molecule has 2 rings (SSSR count). The molecule has 1 aliphatic heterocycles. The highest BCUT2D eigenvalue weighted by Crippen LogP contribution is 2.34. The van der Waals surface area contributed by atoms with Crippen molar-refractivity contribution in [2.75, 3.05) is 25.0 Å². The van der Waals surface area contributed by atoms with E-state index in [1.807, 2.05) is 0 Å². The molecule has 1 aromatic rings.